The van der Waals surface area contributed by atoms with Gasteiger partial charge in [0.25, 0.3) is 0 Å². The van der Waals surface area contributed by atoms with Crippen molar-refractivity contribution >= 4 is 15.9 Å². The first-order valence-electron chi connectivity index (χ1n) is 5.35. The molecule has 0 bridgehead atoms. The number of piperidine rings is 1. The van der Waals surface area contributed by atoms with E-state index < -0.39 is 10.0 Å². The van der Waals surface area contributed by atoms with Crippen molar-refractivity contribution in [1.82, 2.24) is 9.21 Å². The predicted octanol–water partition coefficient (Wildman–Crippen LogP) is -0.0495. The van der Waals surface area contributed by atoms with Crippen molar-refractivity contribution in [3.63, 3.8) is 0 Å². The third-order valence-corrected chi connectivity index (χ3v) is 4.29. The minimum absolute atomic E-state index is 0.0512. The van der Waals surface area contributed by atoms with E-state index in [1.165, 1.54) is 10.6 Å². The fourth-order valence-corrected chi connectivity index (χ4v) is 2.73. The Morgan fingerprint density at radius 3 is 2.31 bits per heavy atom. The summed E-state index contributed by atoms with van der Waals surface area (Å²) in [4.78, 5) is 13.4. The molecule has 1 radical (unpaired) electrons. The molecule has 0 aromatic carbocycles. The SMILES string of the molecule is [CH2]CN(C)C(=O)C1CCN(S(C)(=O)=O)CC1. The summed E-state index contributed by atoms with van der Waals surface area (Å²) in [5.41, 5.74) is 0. The first-order chi connectivity index (χ1) is 7.36. The van der Waals surface area contributed by atoms with Crippen LogP contribution >= 0.6 is 0 Å². The molecule has 1 aliphatic rings. The summed E-state index contributed by atoms with van der Waals surface area (Å²) in [7, 11) is -1.38. The fraction of sp³-hybridized carbons (Fsp3) is 0.800. The van der Waals surface area contributed by atoms with E-state index in [2.05, 4.69) is 6.92 Å². The van der Waals surface area contributed by atoms with E-state index in [1.807, 2.05) is 0 Å². The topological polar surface area (TPSA) is 57.7 Å². The standard InChI is InChI=1S/C10H19N2O3S/c1-4-11(2)10(13)9-5-7-12(8-6-9)16(3,14)15/h9H,1,4-8H2,2-3H3. The van der Waals surface area contributed by atoms with Crippen molar-refractivity contribution in [3.05, 3.63) is 6.92 Å². The van der Waals surface area contributed by atoms with Crippen LogP contribution < -0.4 is 0 Å². The van der Waals surface area contributed by atoms with Crippen molar-refractivity contribution in [1.29, 1.82) is 0 Å². The van der Waals surface area contributed by atoms with Gasteiger partial charge in [-0.05, 0) is 19.8 Å². The van der Waals surface area contributed by atoms with E-state index in [0.717, 1.165) is 0 Å². The molecule has 0 aromatic heterocycles. The molecule has 0 atom stereocenters. The monoisotopic (exact) mass is 247 g/mol. The lowest BCUT2D eigenvalue weighted by atomic mass is 9.97. The molecule has 16 heavy (non-hydrogen) atoms. The minimum atomic E-state index is -3.10. The molecule has 1 amide bonds. The van der Waals surface area contributed by atoms with Gasteiger partial charge in [-0.1, -0.05) is 0 Å². The Bertz CT molecular complexity index is 345. The number of hydrogen-bond acceptors (Lipinski definition) is 3. The van der Waals surface area contributed by atoms with Gasteiger partial charge < -0.3 is 4.90 Å². The molecular formula is C10H19N2O3S. The van der Waals surface area contributed by atoms with Gasteiger partial charge in [-0.25, -0.2) is 12.7 Å². The van der Waals surface area contributed by atoms with Crippen LogP contribution in [0.25, 0.3) is 0 Å². The van der Waals surface area contributed by atoms with Crippen LogP contribution in [0.3, 0.4) is 0 Å². The van der Waals surface area contributed by atoms with Gasteiger partial charge in [-0.15, -0.1) is 0 Å². The number of hydrogen-bond donors (Lipinski definition) is 0. The number of rotatable bonds is 3. The van der Waals surface area contributed by atoms with Gasteiger partial charge in [0.2, 0.25) is 15.9 Å². The Balaban J connectivity index is 2.53. The van der Waals surface area contributed by atoms with Gasteiger partial charge in [0.05, 0.1) is 6.26 Å². The Morgan fingerprint density at radius 1 is 1.44 bits per heavy atom. The van der Waals surface area contributed by atoms with Crippen LogP contribution in [0.1, 0.15) is 12.8 Å². The Morgan fingerprint density at radius 2 is 1.94 bits per heavy atom. The lowest BCUT2D eigenvalue weighted by molar-refractivity contribution is -0.134. The molecule has 1 rings (SSSR count). The normalized spacial score (nSPS) is 19.7. The first-order valence-corrected chi connectivity index (χ1v) is 7.20. The number of nitrogens with zero attached hydrogens (tertiary/aromatic N) is 2. The highest BCUT2D eigenvalue weighted by Crippen LogP contribution is 2.20. The fourth-order valence-electron chi connectivity index (χ4n) is 1.86. The van der Waals surface area contributed by atoms with Crippen molar-refractivity contribution in [2.24, 2.45) is 5.92 Å². The molecule has 0 spiro atoms. The summed E-state index contributed by atoms with van der Waals surface area (Å²) in [5, 5.41) is 0. The van der Waals surface area contributed by atoms with Crippen molar-refractivity contribution in [2.45, 2.75) is 12.8 Å². The lowest BCUT2D eigenvalue weighted by Gasteiger charge is -2.31. The van der Waals surface area contributed by atoms with E-state index in [4.69, 9.17) is 0 Å². The van der Waals surface area contributed by atoms with E-state index in [9.17, 15) is 13.2 Å². The molecule has 1 aliphatic heterocycles. The molecule has 93 valence electrons. The second-order valence-electron chi connectivity index (χ2n) is 4.20. The molecule has 0 saturated carbocycles. The van der Waals surface area contributed by atoms with E-state index in [0.29, 0.717) is 32.5 Å². The lowest BCUT2D eigenvalue weighted by Crippen LogP contribution is -2.43. The molecule has 0 unspecified atom stereocenters. The van der Waals surface area contributed by atoms with Crippen LogP contribution in [0.15, 0.2) is 0 Å². The average Bonchev–Trinajstić information content (AvgIpc) is 2.26. The molecule has 1 heterocycles. The number of carbonyl (C=O) groups is 1. The zero-order valence-corrected chi connectivity index (χ0v) is 10.7. The maximum absolute atomic E-state index is 11.8. The second-order valence-corrected chi connectivity index (χ2v) is 6.18. The molecule has 0 N–H and O–H groups in total. The van der Waals surface area contributed by atoms with Crippen molar-refractivity contribution in [3.8, 4) is 0 Å². The van der Waals surface area contributed by atoms with Gasteiger partial charge in [-0.3, -0.25) is 4.79 Å². The average molecular weight is 247 g/mol. The van der Waals surface area contributed by atoms with Crippen LogP contribution in [0.5, 0.6) is 0 Å². The predicted molar refractivity (Wildman–Crippen MR) is 62.1 cm³/mol. The van der Waals surface area contributed by atoms with Crippen LogP contribution in [0, 0.1) is 12.8 Å². The molecule has 0 aliphatic carbocycles. The Kier molecular flexibility index (Phi) is 4.32. The highest BCUT2D eigenvalue weighted by Gasteiger charge is 2.29. The molecular weight excluding hydrogens is 228 g/mol. The summed E-state index contributed by atoms with van der Waals surface area (Å²) in [6.45, 7) is 4.99. The van der Waals surface area contributed by atoms with E-state index in [1.54, 1.807) is 11.9 Å². The maximum atomic E-state index is 11.8. The molecule has 1 fully saturated rings. The molecule has 6 heteroatoms. The van der Waals surface area contributed by atoms with Gasteiger partial charge in [0, 0.05) is 32.6 Å². The van der Waals surface area contributed by atoms with Gasteiger partial charge in [0.15, 0.2) is 0 Å². The minimum Gasteiger partial charge on any atom is -0.346 e. The number of amides is 1. The molecule has 5 nitrogen and oxygen atoms in total. The van der Waals surface area contributed by atoms with Crippen molar-refractivity contribution < 1.29 is 13.2 Å². The third-order valence-electron chi connectivity index (χ3n) is 2.98. The second kappa shape index (κ2) is 5.14. The largest absolute Gasteiger partial charge is 0.346 e. The zero-order chi connectivity index (χ0) is 12.3. The summed E-state index contributed by atoms with van der Waals surface area (Å²) in [6.07, 6.45) is 2.42. The summed E-state index contributed by atoms with van der Waals surface area (Å²) in [5.74, 6) is 0.0212. The number of carbonyl (C=O) groups excluding carboxylic acids is 1. The van der Waals surface area contributed by atoms with E-state index >= 15 is 0 Å². The quantitative estimate of drug-likeness (QED) is 0.702. The Labute approximate surface area is 97.5 Å². The van der Waals surface area contributed by atoms with Crippen LogP contribution in [-0.2, 0) is 14.8 Å². The van der Waals surface area contributed by atoms with Crippen molar-refractivity contribution in [2.75, 3.05) is 32.9 Å². The van der Waals surface area contributed by atoms with Crippen LogP contribution in [-0.4, -0.2) is 56.5 Å². The summed E-state index contributed by atoms with van der Waals surface area (Å²) in [6, 6.07) is 0. The molecule has 0 aromatic rings. The zero-order valence-electron chi connectivity index (χ0n) is 9.85. The maximum Gasteiger partial charge on any atom is 0.225 e. The highest BCUT2D eigenvalue weighted by molar-refractivity contribution is 7.88. The highest BCUT2D eigenvalue weighted by atomic mass is 32.2. The van der Waals surface area contributed by atoms with Crippen LogP contribution in [0.2, 0.25) is 0 Å². The van der Waals surface area contributed by atoms with E-state index in [-0.39, 0.29) is 11.8 Å². The Hall–Kier alpha value is -0.620. The van der Waals surface area contributed by atoms with Gasteiger partial charge in [0.1, 0.15) is 0 Å². The third kappa shape index (κ3) is 3.18. The summed E-state index contributed by atoms with van der Waals surface area (Å²) < 4.78 is 24.0. The first kappa shape index (κ1) is 13.4. The summed E-state index contributed by atoms with van der Waals surface area (Å²) >= 11 is 0. The van der Waals surface area contributed by atoms with Gasteiger partial charge in [-0.2, -0.15) is 0 Å². The van der Waals surface area contributed by atoms with Crippen LogP contribution in [0.4, 0.5) is 0 Å². The number of sulfonamides is 1. The smallest absolute Gasteiger partial charge is 0.225 e. The molecule has 1 saturated heterocycles. The van der Waals surface area contributed by atoms with Gasteiger partial charge >= 0.3 is 0 Å².